The minimum atomic E-state index is -0.210. The fraction of sp³-hybridized carbons (Fsp3) is 0.294. The zero-order valence-electron chi connectivity index (χ0n) is 14.1. The second-order valence-electron chi connectivity index (χ2n) is 5.95. The van der Waals surface area contributed by atoms with Gasteiger partial charge in [0, 0.05) is 49.6 Å². The van der Waals surface area contributed by atoms with Crippen LogP contribution >= 0.6 is 35.3 Å². The van der Waals surface area contributed by atoms with E-state index < -0.39 is 0 Å². The topological polar surface area (TPSA) is 62.2 Å². The second-order valence-corrected chi connectivity index (χ2v) is 6.82. The smallest absolute Gasteiger partial charge is 0.193 e. The van der Waals surface area contributed by atoms with Crippen molar-refractivity contribution in [3.8, 4) is 0 Å². The first-order valence-corrected chi connectivity index (χ1v) is 9.03. The number of piperazine rings is 1. The molecule has 2 aromatic heterocycles. The third-order valence-corrected chi connectivity index (χ3v) is 5.11. The van der Waals surface area contributed by atoms with Crippen molar-refractivity contribution in [2.75, 3.05) is 31.1 Å². The molecule has 0 bridgehead atoms. The Hall–Kier alpha value is -1.88. The number of fused-ring (bicyclic) bond motifs is 1. The van der Waals surface area contributed by atoms with Gasteiger partial charge in [0.05, 0.1) is 12.2 Å². The van der Waals surface area contributed by atoms with Crippen LogP contribution < -0.4 is 10.6 Å². The van der Waals surface area contributed by atoms with Crippen LogP contribution in [0.3, 0.4) is 0 Å². The normalized spacial score (nSPS) is 15.3. The van der Waals surface area contributed by atoms with Gasteiger partial charge in [-0.3, -0.25) is 4.40 Å². The first-order valence-electron chi connectivity index (χ1n) is 8.15. The van der Waals surface area contributed by atoms with E-state index in [1.807, 2.05) is 34.3 Å². The van der Waals surface area contributed by atoms with Crippen LogP contribution in [0.15, 0.2) is 47.0 Å². The van der Waals surface area contributed by atoms with E-state index in [2.05, 4.69) is 19.8 Å². The molecule has 1 fully saturated rings. The Morgan fingerprint density at radius 3 is 2.62 bits per heavy atom. The van der Waals surface area contributed by atoms with Gasteiger partial charge < -0.3 is 15.5 Å². The lowest BCUT2D eigenvalue weighted by Gasteiger charge is -2.36. The summed E-state index contributed by atoms with van der Waals surface area (Å²) in [6.07, 6.45) is 3.97. The van der Waals surface area contributed by atoms with Gasteiger partial charge in [-0.1, -0.05) is 0 Å². The van der Waals surface area contributed by atoms with Crippen molar-refractivity contribution < 1.29 is 4.39 Å². The summed E-state index contributed by atoms with van der Waals surface area (Å²) in [7, 11) is 0. The largest absolute Gasteiger partial charge is 0.370 e. The molecule has 0 saturated carbocycles. The number of nitrogens with zero attached hydrogens (tertiary/aromatic N) is 5. The van der Waals surface area contributed by atoms with E-state index in [1.165, 1.54) is 12.1 Å². The summed E-state index contributed by atoms with van der Waals surface area (Å²) in [6, 6.07) is 6.61. The highest BCUT2D eigenvalue weighted by Gasteiger charge is 2.18. The molecule has 0 radical (unpaired) electrons. The summed E-state index contributed by atoms with van der Waals surface area (Å²) >= 11 is 1.60. The average molecular weight is 486 g/mol. The number of thiazole rings is 1. The van der Waals surface area contributed by atoms with E-state index in [9.17, 15) is 4.39 Å². The van der Waals surface area contributed by atoms with Crippen molar-refractivity contribution >= 4 is 51.9 Å². The van der Waals surface area contributed by atoms with Gasteiger partial charge in [0.15, 0.2) is 10.9 Å². The molecule has 2 N–H and O–H groups in total. The van der Waals surface area contributed by atoms with Crippen molar-refractivity contribution in [1.29, 1.82) is 0 Å². The number of hydrogen-bond donors (Lipinski definition) is 1. The van der Waals surface area contributed by atoms with E-state index in [0.717, 1.165) is 42.5 Å². The molecule has 0 unspecified atom stereocenters. The minimum Gasteiger partial charge on any atom is -0.370 e. The Morgan fingerprint density at radius 1 is 1.19 bits per heavy atom. The van der Waals surface area contributed by atoms with Gasteiger partial charge in [-0.05, 0) is 24.3 Å². The second kappa shape index (κ2) is 8.21. The van der Waals surface area contributed by atoms with Crippen LogP contribution in [0.2, 0.25) is 0 Å². The molecular weight excluding hydrogens is 466 g/mol. The monoisotopic (exact) mass is 486 g/mol. The third-order valence-electron chi connectivity index (χ3n) is 4.34. The standard InChI is InChI=1S/C17H19FN6S.HI/c18-13-1-3-15(4-2-13)22-5-7-23(8-6-22)16(19)20-11-14-12-24-9-10-25-17(24)21-14;/h1-4,9-10,12H,5-8,11H2,(H2,19,20);1H. The summed E-state index contributed by atoms with van der Waals surface area (Å²) in [5.41, 5.74) is 8.10. The summed E-state index contributed by atoms with van der Waals surface area (Å²) in [5, 5.41) is 2.00. The van der Waals surface area contributed by atoms with Crippen molar-refractivity contribution in [2.45, 2.75) is 6.54 Å². The van der Waals surface area contributed by atoms with Gasteiger partial charge in [-0.15, -0.1) is 35.3 Å². The van der Waals surface area contributed by atoms with Crippen molar-refractivity contribution in [3.63, 3.8) is 0 Å². The molecule has 9 heteroatoms. The average Bonchev–Trinajstić information content (AvgIpc) is 3.22. The fourth-order valence-corrected chi connectivity index (χ4v) is 3.68. The Bertz CT molecular complexity index is 854. The molecule has 0 amide bonds. The molecule has 3 aromatic rings. The summed E-state index contributed by atoms with van der Waals surface area (Å²) in [4.78, 5) is 14.3. The molecule has 1 aliphatic heterocycles. The predicted molar refractivity (Wildman–Crippen MR) is 114 cm³/mol. The number of benzene rings is 1. The zero-order chi connectivity index (χ0) is 17.2. The number of aromatic nitrogens is 2. The molecular formula is C17H20FIN6S. The van der Waals surface area contributed by atoms with Gasteiger partial charge in [0.25, 0.3) is 0 Å². The SMILES string of the molecule is I.NC(=NCc1cn2ccsc2n1)N1CCN(c2ccc(F)cc2)CC1. The van der Waals surface area contributed by atoms with Crippen LogP contribution in [-0.2, 0) is 6.54 Å². The van der Waals surface area contributed by atoms with E-state index in [0.29, 0.717) is 12.5 Å². The maximum atomic E-state index is 13.0. The number of hydrogen-bond acceptors (Lipinski definition) is 4. The van der Waals surface area contributed by atoms with E-state index >= 15 is 0 Å². The maximum absolute atomic E-state index is 13.0. The van der Waals surface area contributed by atoms with Crippen LogP contribution in [0.4, 0.5) is 10.1 Å². The molecule has 0 aliphatic carbocycles. The molecule has 138 valence electrons. The van der Waals surface area contributed by atoms with Gasteiger partial charge in [0.2, 0.25) is 0 Å². The maximum Gasteiger partial charge on any atom is 0.193 e. The van der Waals surface area contributed by atoms with Gasteiger partial charge in [-0.2, -0.15) is 0 Å². The van der Waals surface area contributed by atoms with Crippen molar-refractivity contribution in [1.82, 2.24) is 14.3 Å². The number of nitrogens with two attached hydrogens (primary N) is 1. The lowest BCUT2D eigenvalue weighted by atomic mass is 10.2. The number of guanidine groups is 1. The fourth-order valence-electron chi connectivity index (χ4n) is 2.96. The Labute approximate surface area is 172 Å². The van der Waals surface area contributed by atoms with Crippen LogP contribution in [0, 0.1) is 5.82 Å². The molecule has 1 saturated heterocycles. The van der Waals surface area contributed by atoms with E-state index in [4.69, 9.17) is 5.73 Å². The Morgan fingerprint density at radius 2 is 1.92 bits per heavy atom. The van der Waals surface area contributed by atoms with Crippen LogP contribution in [0.25, 0.3) is 4.96 Å². The highest BCUT2D eigenvalue weighted by Crippen LogP contribution is 2.17. The Kier molecular flexibility index (Phi) is 5.97. The number of aliphatic imine (C=N–C) groups is 1. The van der Waals surface area contributed by atoms with E-state index in [-0.39, 0.29) is 29.8 Å². The highest BCUT2D eigenvalue weighted by atomic mass is 127. The molecule has 0 atom stereocenters. The van der Waals surface area contributed by atoms with Gasteiger partial charge in [-0.25, -0.2) is 14.4 Å². The quantitative estimate of drug-likeness (QED) is 0.352. The first-order chi connectivity index (χ1) is 12.2. The summed E-state index contributed by atoms with van der Waals surface area (Å²) < 4.78 is 15.0. The molecule has 1 aliphatic rings. The number of rotatable bonds is 3. The number of imidazole rings is 1. The molecule has 26 heavy (non-hydrogen) atoms. The Balaban J connectivity index is 0.00000196. The molecule has 6 nitrogen and oxygen atoms in total. The van der Waals surface area contributed by atoms with Crippen molar-refractivity contribution in [3.05, 3.63) is 53.6 Å². The lowest BCUT2D eigenvalue weighted by Crippen LogP contribution is -2.51. The molecule has 0 spiro atoms. The van der Waals surface area contributed by atoms with Gasteiger partial charge in [0.1, 0.15) is 5.82 Å². The molecule has 1 aromatic carbocycles. The molecule has 3 heterocycles. The van der Waals surface area contributed by atoms with Crippen LogP contribution in [-0.4, -0.2) is 46.4 Å². The number of halogens is 2. The number of anilines is 1. The van der Waals surface area contributed by atoms with Crippen molar-refractivity contribution in [2.24, 2.45) is 10.7 Å². The predicted octanol–water partition coefficient (Wildman–Crippen LogP) is 2.79. The van der Waals surface area contributed by atoms with Gasteiger partial charge >= 0.3 is 0 Å². The summed E-state index contributed by atoms with van der Waals surface area (Å²) in [5.74, 6) is 0.341. The molecule has 4 rings (SSSR count). The van der Waals surface area contributed by atoms with Crippen LogP contribution in [0.5, 0.6) is 0 Å². The highest BCUT2D eigenvalue weighted by molar-refractivity contribution is 14.0. The third kappa shape index (κ3) is 4.09. The summed E-state index contributed by atoms with van der Waals surface area (Å²) in [6.45, 7) is 3.75. The minimum absolute atomic E-state index is 0. The van der Waals surface area contributed by atoms with E-state index in [1.54, 1.807) is 11.3 Å². The lowest BCUT2D eigenvalue weighted by molar-refractivity contribution is 0.380. The first kappa shape index (κ1) is 18.9. The zero-order valence-corrected chi connectivity index (χ0v) is 17.2. The van der Waals surface area contributed by atoms with Crippen LogP contribution in [0.1, 0.15) is 5.69 Å².